The Balaban J connectivity index is 1.59. The second-order valence-corrected chi connectivity index (χ2v) is 8.95. The maximum atomic E-state index is 15.1. The molecule has 2 aromatic carbocycles. The minimum atomic E-state index is -0.832. The molecule has 1 aliphatic carbocycles. The van der Waals surface area contributed by atoms with Crippen LogP contribution in [-0.4, -0.2) is 25.3 Å². The molecule has 2 aromatic rings. The summed E-state index contributed by atoms with van der Waals surface area (Å²) in [7, 11) is 1.48. The SMILES string of the molecule is C#CC(C)[C@H]1C[C@]2([C@@H](C)Cc3cc(OCc4ccccc4)c(OC)cc3F)OCOC2=CC1=O. The molecule has 1 fully saturated rings. The number of fused-ring (bicyclic) bond motifs is 1. The summed E-state index contributed by atoms with van der Waals surface area (Å²) in [5.41, 5.74) is 0.634. The highest BCUT2D eigenvalue weighted by atomic mass is 19.1. The Morgan fingerprint density at radius 1 is 1.24 bits per heavy atom. The molecule has 6 heteroatoms. The van der Waals surface area contributed by atoms with Crippen molar-refractivity contribution < 1.29 is 28.1 Å². The van der Waals surface area contributed by atoms with Gasteiger partial charge in [0.15, 0.2) is 24.1 Å². The van der Waals surface area contributed by atoms with Crippen LogP contribution in [0.1, 0.15) is 31.4 Å². The third kappa shape index (κ3) is 4.53. The Morgan fingerprint density at radius 2 is 2.00 bits per heavy atom. The van der Waals surface area contributed by atoms with Gasteiger partial charge in [-0.1, -0.05) is 44.2 Å². The van der Waals surface area contributed by atoms with Crippen LogP contribution in [-0.2, 0) is 27.3 Å². The summed E-state index contributed by atoms with van der Waals surface area (Å²) in [6, 6.07) is 12.8. The predicted molar refractivity (Wildman–Crippen MR) is 126 cm³/mol. The first-order valence-corrected chi connectivity index (χ1v) is 11.4. The van der Waals surface area contributed by atoms with E-state index >= 15 is 4.39 Å². The Labute approximate surface area is 199 Å². The standard InChI is InChI=1S/C28H29FO5/c1-5-18(2)22-15-28(27(14-24(22)30)33-17-34-28)19(3)11-21-12-26(25(31-4)13-23(21)29)32-16-20-9-7-6-8-10-20/h1,6-10,12-14,18-19,22H,11,15-17H2,2-4H3/t18?,19-,22+,28+/m0/s1. The van der Waals surface area contributed by atoms with Gasteiger partial charge >= 0.3 is 0 Å². The minimum absolute atomic E-state index is 0.0527. The van der Waals surface area contributed by atoms with Crippen LogP contribution in [0.15, 0.2) is 54.3 Å². The van der Waals surface area contributed by atoms with Crippen LogP contribution in [0, 0.1) is 35.9 Å². The monoisotopic (exact) mass is 464 g/mol. The van der Waals surface area contributed by atoms with Crippen molar-refractivity contribution in [3.63, 3.8) is 0 Å². The Bertz CT molecular complexity index is 1120. The number of terminal acetylenes is 1. The van der Waals surface area contributed by atoms with E-state index in [2.05, 4.69) is 5.92 Å². The Kier molecular flexibility index (Phi) is 6.95. The van der Waals surface area contributed by atoms with E-state index < -0.39 is 11.4 Å². The average Bonchev–Trinajstić information content (AvgIpc) is 3.27. The highest BCUT2D eigenvalue weighted by Crippen LogP contribution is 2.47. The number of carbonyl (C=O) groups is 1. The highest BCUT2D eigenvalue weighted by molar-refractivity contribution is 5.94. The number of ketones is 1. The van der Waals surface area contributed by atoms with Crippen LogP contribution in [0.3, 0.4) is 0 Å². The lowest BCUT2D eigenvalue weighted by Crippen LogP contribution is -2.46. The fourth-order valence-corrected chi connectivity index (χ4v) is 4.74. The summed E-state index contributed by atoms with van der Waals surface area (Å²) in [6.45, 7) is 4.22. The number of methoxy groups -OCH3 is 1. The Morgan fingerprint density at radius 3 is 2.71 bits per heavy atom. The quantitative estimate of drug-likeness (QED) is 0.510. The molecule has 1 heterocycles. The maximum absolute atomic E-state index is 15.1. The second-order valence-electron chi connectivity index (χ2n) is 8.95. The second kappa shape index (κ2) is 9.90. The van der Waals surface area contributed by atoms with E-state index in [4.69, 9.17) is 25.4 Å². The molecule has 4 rings (SSSR count). The van der Waals surface area contributed by atoms with Gasteiger partial charge in [0.2, 0.25) is 0 Å². The van der Waals surface area contributed by atoms with Gasteiger partial charge in [-0.05, 0) is 36.0 Å². The van der Waals surface area contributed by atoms with Crippen molar-refractivity contribution in [2.24, 2.45) is 17.8 Å². The number of allylic oxidation sites excluding steroid dienone is 1. The van der Waals surface area contributed by atoms with E-state index in [1.54, 1.807) is 6.07 Å². The summed E-state index contributed by atoms with van der Waals surface area (Å²) in [4.78, 5) is 12.6. The number of ether oxygens (including phenoxy) is 4. The number of rotatable bonds is 8. The summed E-state index contributed by atoms with van der Waals surface area (Å²) >= 11 is 0. The molecular formula is C28H29FO5. The van der Waals surface area contributed by atoms with Crippen LogP contribution < -0.4 is 9.47 Å². The van der Waals surface area contributed by atoms with Crippen LogP contribution in [0.4, 0.5) is 4.39 Å². The molecule has 0 N–H and O–H groups in total. The van der Waals surface area contributed by atoms with E-state index in [1.165, 1.54) is 19.3 Å². The van der Waals surface area contributed by atoms with Gasteiger partial charge in [0.25, 0.3) is 0 Å². The first-order valence-electron chi connectivity index (χ1n) is 11.4. The molecule has 1 saturated heterocycles. The third-order valence-electron chi connectivity index (χ3n) is 6.87. The van der Waals surface area contributed by atoms with E-state index in [-0.39, 0.29) is 30.3 Å². The van der Waals surface area contributed by atoms with Crippen LogP contribution >= 0.6 is 0 Å². The molecule has 0 aromatic heterocycles. The minimum Gasteiger partial charge on any atom is -0.493 e. The molecule has 34 heavy (non-hydrogen) atoms. The van der Waals surface area contributed by atoms with Gasteiger partial charge in [0.1, 0.15) is 23.8 Å². The maximum Gasteiger partial charge on any atom is 0.189 e. The number of hydrogen-bond acceptors (Lipinski definition) is 5. The number of carbonyl (C=O) groups excluding carboxylic acids is 1. The lowest BCUT2D eigenvalue weighted by atomic mass is 9.69. The molecule has 0 spiro atoms. The number of benzene rings is 2. The zero-order valence-electron chi connectivity index (χ0n) is 19.7. The van der Waals surface area contributed by atoms with E-state index in [1.807, 2.05) is 44.2 Å². The molecule has 0 radical (unpaired) electrons. The van der Waals surface area contributed by atoms with Crippen LogP contribution in [0.5, 0.6) is 11.5 Å². The molecular weight excluding hydrogens is 435 g/mol. The smallest absolute Gasteiger partial charge is 0.189 e. The first kappa shape index (κ1) is 23.8. The van der Waals surface area contributed by atoms with Gasteiger partial charge in [-0.3, -0.25) is 4.79 Å². The zero-order chi connectivity index (χ0) is 24.3. The third-order valence-corrected chi connectivity index (χ3v) is 6.87. The molecule has 2 aliphatic rings. The van der Waals surface area contributed by atoms with Gasteiger partial charge < -0.3 is 18.9 Å². The van der Waals surface area contributed by atoms with Crippen molar-refractivity contribution in [2.75, 3.05) is 13.9 Å². The zero-order valence-corrected chi connectivity index (χ0v) is 19.7. The first-order chi connectivity index (χ1) is 16.4. The molecule has 1 unspecified atom stereocenters. The van der Waals surface area contributed by atoms with Gasteiger partial charge in [-0.15, -0.1) is 12.3 Å². The molecule has 4 atom stereocenters. The van der Waals surface area contributed by atoms with E-state index in [9.17, 15) is 4.79 Å². The molecule has 0 bridgehead atoms. The topological polar surface area (TPSA) is 54.0 Å². The van der Waals surface area contributed by atoms with Crippen molar-refractivity contribution >= 4 is 5.78 Å². The van der Waals surface area contributed by atoms with Crippen molar-refractivity contribution in [3.05, 3.63) is 71.2 Å². The van der Waals surface area contributed by atoms with Crippen molar-refractivity contribution in [1.29, 1.82) is 0 Å². The Hall–Kier alpha value is -3.30. The highest BCUT2D eigenvalue weighted by Gasteiger charge is 2.52. The number of hydrogen-bond donors (Lipinski definition) is 0. The van der Waals surface area contributed by atoms with Crippen molar-refractivity contribution in [2.45, 2.75) is 38.9 Å². The van der Waals surface area contributed by atoms with E-state index in [0.29, 0.717) is 42.3 Å². The van der Waals surface area contributed by atoms with Crippen molar-refractivity contribution in [3.8, 4) is 23.8 Å². The summed E-state index contributed by atoms with van der Waals surface area (Å²) < 4.78 is 38.1. The van der Waals surface area contributed by atoms with Crippen LogP contribution in [0.2, 0.25) is 0 Å². The van der Waals surface area contributed by atoms with Gasteiger partial charge in [0.05, 0.1) is 7.11 Å². The normalized spacial score (nSPS) is 23.2. The molecule has 0 saturated carbocycles. The summed E-state index contributed by atoms with van der Waals surface area (Å²) in [6.07, 6.45) is 7.87. The van der Waals surface area contributed by atoms with Gasteiger partial charge in [-0.2, -0.15) is 0 Å². The molecule has 5 nitrogen and oxygen atoms in total. The molecule has 0 amide bonds. The summed E-state index contributed by atoms with van der Waals surface area (Å²) in [5, 5.41) is 0. The van der Waals surface area contributed by atoms with E-state index in [0.717, 1.165) is 5.56 Å². The lowest BCUT2D eigenvalue weighted by molar-refractivity contribution is -0.124. The van der Waals surface area contributed by atoms with Crippen LogP contribution in [0.25, 0.3) is 0 Å². The fraction of sp³-hybridized carbons (Fsp3) is 0.393. The largest absolute Gasteiger partial charge is 0.493 e. The number of halogens is 1. The van der Waals surface area contributed by atoms with Crippen molar-refractivity contribution in [1.82, 2.24) is 0 Å². The average molecular weight is 465 g/mol. The fourth-order valence-electron chi connectivity index (χ4n) is 4.74. The van der Waals surface area contributed by atoms with Gasteiger partial charge in [0, 0.05) is 24.0 Å². The summed E-state index contributed by atoms with van der Waals surface area (Å²) in [5.74, 6) is 2.71. The molecule has 178 valence electrons. The van der Waals surface area contributed by atoms with Gasteiger partial charge in [-0.25, -0.2) is 4.39 Å². The lowest BCUT2D eigenvalue weighted by Gasteiger charge is -2.39. The predicted octanol–water partition coefficient (Wildman–Crippen LogP) is 5.08. The molecule has 1 aliphatic heterocycles.